The van der Waals surface area contributed by atoms with Crippen molar-refractivity contribution in [2.45, 2.75) is 32.7 Å². The van der Waals surface area contributed by atoms with Gasteiger partial charge < -0.3 is 14.9 Å². The fraction of sp³-hybridized carbons (Fsp3) is 0.467. The minimum atomic E-state index is 0.0759. The van der Waals surface area contributed by atoms with E-state index in [2.05, 4.69) is 19.9 Å². The van der Waals surface area contributed by atoms with Crippen molar-refractivity contribution < 1.29 is 4.79 Å². The number of imidazole rings is 1. The van der Waals surface area contributed by atoms with Gasteiger partial charge in [0.15, 0.2) is 0 Å². The van der Waals surface area contributed by atoms with Crippen LogP contribution in [0.4, 0.5) is 0 Å². The smallest absolute Gasteiger partial charge is 0.223 e. The Morgan fingerprint density at radius 3 is 3.10 bits per heavy atom. The average molecular weight is 272 g/mol. The number of aryl methyl sites for hydroxylation is 2. The van der Waals surface area contributed by atoms with Gasteiger partial charge in [-0.1, -0.05) is 0 Å². The maximum Gasteiger partial charge on any atom is 0.223 e. The van der Waals surface area contributed by atoms with Gasteiger partial charge in [0.2, 0.25) is 5.91 Å². The summed E-state index contributed by atoms with van der Waals surface area (Å²) < 4.78 is 2.07. The minimum absolute atomic E-state index is 0.0759. The molecule has 2 heterocycles. The van der Waals surface area contributed by atoms with E-state index in [1.807, 2.05) is 31.5 Å². The summed E-state index contributed by atoms with van der Waals surface area (Å²) in [5.74, 6) is 1.19. The summed E-state index contributed by atoms with van der Waals surface area (Å²) in [4.78, 5) is 19.9. The molecule has 0 radical (unpaired) electrons. The number of amides is 1. The van der Waals surface area contributed by atoms with Crippen molar-refractivity contribution in [1.29, 1.82) is 0 Å². The zero-order valence-corrected chi connectivity index (χ0v) is 11.7. The first kappa shape index (κ1) is 13.0. The second-order valence-corrected chi connectivity index (χ2v) is 5.40. The molecule has 1 aliphatic carbocycles. The first-order valence-electron chi connectivity index (χ1n) is 7.15. The Labute approximate surface area is 118 Å². The highest BCUT2D eigenvalue weighted by Gasteiger charge is 2.26. The Balaban J connectivity index is 1.51. The van der Waals surface area contributed by atoms with Crippen molar-refractivity contribution in [2.24, 2.45) is 5.92 Å². The third kappa shape index (κ3) is 2.76. The van der Waals surface area contributed by atoms with Gasteiger partial charge in [-0.05, 0) is 31.9 Å². The largest absolute Gasteiger partial charge is 0.354 e. The first-order valence-corrected chi connectivity index (χ1v) is 7.15. The van der Waals surface area contributed by atoms with Gasteiger partial charge >= 0.3 is 0 Å². The van der Waals surface area contributed by atoms with Crippen molar-refractivity contribution in [1.82, 2.24) is 19.9 Å². The van der Waals surface area contributed by atoms with E-state index in [-0.39, 0.29) is 11.8 Å². The predicted molar refractivity (Wildman–Crippen MR) is 76.3 cm³/mol. The quantitative estimate of drug-likeness (QED) is 0.884. The molecule has 1 aliphatic rings. The number of fused-ring (bicyclic) bond motifs is 1. The molecule has 5 heteroatoms. The number of rotatable bonds is 4. The highest BCUT2D eigenvalue weighted by molar-refractivity contribution is 5.79. The highest BCUT2D eigenvalue weighted by atomic mass is 16.1. The lowest BCUT2D eigenvalue weighted by Crippen LogP contribution is -2.35. The second kappa shape index (κ2) is 5.53. The van der Waals surface area contributed by atoms with Crippen LogP contribution in [0, 0.1) is 12.8 Å². The van der Waals surface area contributed by atoms with E-state index < -0.39 is 0 Å². The maximum absolute atomic E-state index is 12.2. The topological polar surface area (TPSA) is 62.7 Å². The van der Waals surface area contributed by atoms with Crippen LogP contribution in [-0.2, 0) is 24.2 Å². The molecule has 20 heavy (non-hydrogen) atoms. The molecular weight excluding hydrogens is 252 g/mol. The molecule has 1 atom stereocenters. The number of H-pyrrole nitrogens is 1. The molecule has 0 bridgehead atoms. The minimum Gasteiger partial charge on any atom is -0.354 e. The molecule has 0 saturated carbocycles. The fourth-order valence-electron chi connectivity index (χ4n) is 2.82. The molecule has 2 N–H and O–H groups in total. The lowest BCUT2D eigenvalue weighted by molar-refractivity contribution is -0.125. The second-order valence-electron chi connectivity index (χ2n) is 5.40. The molecule has 2 aromatic heterocycles. The molecule has 2 aromatic rings. The van der Waals surface area contributed by atoms with Crippen LogP contribution < -0.4 is 5.32 Å². The summed E-state index contributed by atoms with van der Waals surface area (Å²) >= 11 is 0. The summed E-state index contributed by atoms with van der Waals surface area (Å²) in [6.45, 7) is 3.46. The number of aromatic nitrogens is 3. The van der Waals surface area contributed by atoms with Crippen LogP contribution in [0.2, 0.25) is 0 Å². The maximum atomic E-state index is 12.2. The van der Waals surface area contributed by atoms with Gasteiger partial charge in [0.1, 0.15) is 5.82 Å². The van der Waals surface area contributed by atoms with E-state index in [0.29, 0.717) is 6.54 Å². The SMILES string of the molecule is Cc1nc2c([nH]1)C[C@@H](C(=O)NCCn1cccc1)CC2. The number of carbonyl (C=O) groups is 1. The summed E-state index contributed by atoms with van der Waals surface area (Å²) in [5, 5.41) is 3.03. The zero-order valence-electron chi connectivity index (χ0n) is 11.7. The first-order chi connectivity index (χ1) is 9.72. The Morgan fingerprint density at radius 2 is 2.30 bits per heavy atom. The van der Waals surface area contributed by atoms with Crippen molar-refractivity contribution in [3.63, 3.8) is 0 Å². The Bertz CT molecular complexity index is 585. The van der Waals surface area contributed by atoms with Crippen LogP contribution in [0.5, 0.6) is 0 Å². The average Bonchev–Trinajstić information content (AvgIpc) is 3.05. The van der Waals surface area contributed by atoms with Crippen LogP contribution in [-0.4, -0.2) is 27.0 Å². The third-order valence-corrected chi connectivity index (χ3v) is 3.87. The lowest BCUT2D eigenvalue weighted by atomic mass is 9.89. The van der Waals surface area contributed by atoms with Crippen molar-refractivity contribution in [3.05, 3.63) is 41.7 Å². The van der Waals surface area contributed by atoms with Gasteiger partial charge in [0, 0.05) is 43.5 Å². The lowest BCUT2D eigenvalue weighted by Gasteiger charge is -2.20. The van der Waals surface area contributed by atoms with Gasteiger partial charge in [-0.15, -0.1) is 0 Å². The molecule has 0 saturated heterocycles. The third-order valence-electron chi connectivity index (χ3n) is 3.87. The van der Waals surface area contributed by atoms with E-state index in [4.69, 9.17) is 0 Å². The van der Waals surface area contributed by atoms with Gasteiger partial charge in [0.05, 0.1) is 5.69 Å². The van der Waals surface area contributed by atoms with Crippen LogP contribution in [0.15, 0.2) is 24.5 Å². The van der Waals surface area contributed by atoms with E-state index in [1.165, 1.54) is 0 Å². The molecule has 5 nitrogen and oxygen atoms in total. The van der Waals surface area contributed by atoms with E-state index >= 15 is 0 Å². The summed E-state index contributed by atoms with van der Waals surface area (Å²) in [6, 6.07) is 3.98. The Hall–Kier alpha value is -2.04. The molecule has 0 spiro atoms. The van der Waals surface area contributed by atoms with Crippen LogP contribution >= 0.6 is 0 Å². The number of nitrogens with zero attached hydrogens (tertiary/aromatic N) is 2. The Kier molecular flexibility index (Phi) is 3.58. The van der Waals surface area contributed by atoms with Crippen LogP contribution in [0.25, 0.3) is 0 Å². The molecule has 0 aromatic carbocycles. The van der Waals surface area contributed by atoms with Crippen molar-refractivity contribution >= 4 is 5.91 Å². The van der Waals surface area contributed by atoms with Gasteiger partial charge in [0.25, 0.3) is 0 Å². The number of aromatic amines is 1. The molecule has 1 amide bonds. The standard InChI is InChI=1S/C15H20N4O/c1-11-17-13-5-4-12(10-14(13)18-11)15(20)16-6-9-19-7-2-3-8-19/h2-3,7-8,12H,4-6,9-10H2,1H3,(H,16,20)(H,17,18)/t12-/m0/s1. The summed E-state index contributed by atoms with van der Waals surface area (Å²) in [6.07, 6.45) is 6.59. The molecule has 0 unspecified atom stereocenters. The number of hydrogen-bond acceptors (Lipinski definition) is 2. The van der Waals surface area contributed by atoms with Gasteiger partial charge in [-0.3, -0.25) is 4.79 Å². The summed E-state index contributed by atoms with van der Waals surface area (Å²) in [7, 11) is 0. The van der Waals surface area contributed by atoms with Crippen molar-refractivity contribution in [3.8, 4) is 0 Å². The van der Waals surface area contributed by atoms with Crippen LogP contribution in [0.3, 0.4) is 0 Å². The molecule has 0 aliphatic heterocycles. The normalized spacial score (nSPS) is 17.8. The molecule has 0 fully saturated rings. The van der Waals surface area contributed by atoms with Crippen molar-refractivity contribution in [2.75, 3.05) is 6.54 Å². The number of nitrogens with one attached hydrogen (secondary N) is 2. The number of carbonyl (C=O) groups excluding carboxylic acids is 1. The molecular formula is C15H20N4O. The van der Waals surface area contributed by atoms with E-state index in [9.17, 15) is 4.79 Å². The Morgan fingerprint density at radius 1 is 1.50 bits per heavy atom. The van der Waals surface area contributed by atoms with E-state index in [1.54, 1.807) is 0 Å². The predicted octanol–water partition coefficient (Wildman–Crippen LogP) is 1.44. The fourth-order valence-corrected chi connectivity index (χ4v) is 2.82. The molecule has 106 valence electrons. The number of hydrogen-bond donors (Lipinski definition) is 2. The van der Waals surface area contributed by atoms with Crippen LogP contribution in [0.1, 0.15) is 23.6 Å². The summed E-state index contributed by atoms with van der Waals surface area (Å²) in [5.41, 5.74) is 2.28. The molecule has 3 rings (SSSR count). The monoisotopic (exact) mass is 272 g/mol. The highest BCUT2D eigenvalue weighted by Crippen LogP contribution is 2.23. The van der Waals surface area contributed by atoms with E-state index in [0.717, 1.165) is 43.0 Å². The van der Waals surface area contributed by atoms with Gasteiger partial charge in [-0.2, -0.15) is 0 Å². The zero-order chi connectivity index (χ0) is 13.9. The van der Waals surface area contributed by atoms with Gasteiger partial charge in [-0.25, -0.2) is 4.98 Å².